The molecule has 0 aromatic heterocycles. The van der Waals surface area contributed by atoms with Gasteiger partial charge >= 0.3 is 0 Å². The van der Waals surface area contributed by atoms with E-state index in [1.807, 2.05) is 0 Å². The summed E-state index contributed by atoms with van der Waals surface area (Å²) in [6.45, 7) is 3.60. The van der Waals surface area contributed by atoms with Crippen molar-refractivity contribution < 1.29 is 9.59 Å². The van der Waals surface area contributed by atoms with Gasteiger partial charge in [-0.2, -0.15) is 0 Å². The van der Waals surface area contributed by atoms with Crippen molar-refractivity contribution in [2.75, 3.05) is 6.26 Å². The molecule has 0 heterocycles. The van der Waals surface area contributed by atoms with E-state index in [0.717, 1.165) is 11.8 Å². The number of ketones is 1. The average Bonchev–Trinajstić information content (AvgIpc) is 1.99. The predicted octanol–water partition coefficient (Wildman–Crippen LogP) is 1.66. The first-order chi connectivity index (χ1) is 5.07. The maximum Gasteiger partial charge on any atom is 0.212 e. The maximum absolute atomic E-state index is 10.9. The normalized spacial score (nSPS) is 10.9. The van der Waals surface area contributed by atoms with Gasteiger partial charge in [0.1, 0.15) is 0 Å². The Morgan fingerprint density at radius 3 is 2.18 bits per heavy atom. The Morgan fingerprint density at radius 1 is 1.27 bits per heavy atom. The van der Waals surface area contributed by atoms with Crippen LogP contribution in [0.2, 0.25) is 0 Å². The smallest absolute Gasteiger partial charge is 0.212 e. The second-order valence-corrected chi connectivity index (χ2v) is 3.22. The van der Waals surface area contributed by atoms with Crippen molar-refractivity contribution in [3.8, 4) is 0 Å². The zero-order valence-electron chi connectivity index (χ0n) is 6.96. The van der Waals surface area contributed by atoms with Gasteiger partial charge in [0, 0.05) is 5.92 Å². The second-order valence-electron chi connectivity index (χ2n) is 2.41. The van der Waals surface area contributed by atoms with Crippen molar-refractivity contribution in [3.05, 3.63) is 12.2 Å². The molecule has 0 aliphatic carbocycles. The van der Waals surface area contributed by atoms with Crippen LogP contribution in [0.1, 0.15) is 13.8 Å². The predicted molar refractivity (Wildman–Crippen MR) is 47.5 cm³/mol. The molecule has 0 fully saturated rings. The van der Waals surface area contributed by atoms with Gasteiger partial charge in [-0.3, -0.25) is 9.59 Å². The highest BCUT2D eigenvalue weighted by molar-refractivity contribution is 8.13. The third-order valence-electron chi connectivity index (χ3n) is 1.15. The molecule has 0 amide bonds. The molecule has 0 saturated carbocycles. The highest BCUT2D eigenvalue weighted by Gasteiger charge is 2.02. The van der Waals surface area contributed by atoms with Crippen molar-refractivity contribution in [2.45, 2.75) is 13.8 Å². The van der Waals surface area contributed by atoms with E-state index in [1.165, 1.54) is 12.2 Å². The first-order valence-electron chi connectivity index (χ1n) is 3.37. The lowest BCUT2D eigenvalue weighted by molar-refractivity contribution is -0.117. The van der Waals surface area contributed by atoms with Crippen molar-refractivity contribution in [1.29, 1.82) is 0 Å². The minimum absolute atomic E-state index is 0.00704. The molecule has 0 aromatic carbocycles. The lowest BCUT2D eigenvalue weighted by atomic mass is 10.1. The van der Waals surface area contributed by atoms with Crippen LogP contribution in [0.15, 0.2) is 12.2 Å². The van der Waals surface area contributed by atoms with E-state index < -0.39 is 0 Å². The van der Waals surface area contributed by atoms with Crippen molar-refractivity contribution in [2.24, 2.45) is 5.92 Å². The van der Waals surface area contributed by atoms with Crippen molar-refractivity contribution in [1.82, 2.24) is 0 Å². The van der Waals surface area contributed by atoms with E-state index in [-0.39, 0.29) is 16.8 Å². The summed E-state index contributed by atoms with van der Waals surface area (Å²) in [4.78, 5) is 21.6. The highest BCUT2D eigenvalue weighted by Crippen LogP contribution is 1.99. The Morgan fingerprint density at radius 2 is 1.82 bits per heavy atom. The molecular weight excluding hydrogens is 160 g/mol. The van der Waals surface area contributed by atoms with Crippen LogP contribution in [0.5, 0.6) is 0 Å². The van der Waals surface area contributed by atoms with E-state index in [2.05, 4.69) is 0 Å². The van der Waals surface area contributed by atoms with Crippen LogP contribution >= 0.6 is 11.8 Å². The Balaban J connectivity index is 3.93. The molecule has 2 nitrogen and oxygen atoms in total. The largest absolute Gasteiger partial charge is 0.295 e. The van der Waals surface area contributed by atoms with Gasteiger partial charge in [-0.15, -0.1) is 0 Å². The van der Waals surface area contributed by atoms with Crippen LogP contribution in [0.25, 0.3) is 0 Å². The Bertz CT molecular complexity index is 183. The standard InChI is InChI=1S/C8H12O2S/c1-6(2)7(9)4-5-8(10)11-3/h4-6H,1-3H3/b5-4-. The summed E-state index contributed by atoms with van der Waals surface area (Å²) in [6, 6.07) is 0. The monoisotopic (exact) mass is 172 g/mol. The number of allylic oxidation sites excluding steroid dienone is 1. The van der Waals surface area contributed by atoms with Crippen LogP contribution in [0, 0.1) is 5.92 Å². The van der Waals surface area contributed by atoms with E-state index in [0.29, 0.717) is 0 Å². The zero-order chi connectivity index (χ0) is 8.85. The first-order valence-corrected chi connectivity index (χ1v) is 4.60. The van der Waals surface area contributed by atoms with Gasteiger partial charge in [0.2, 0.25) is 5.12 Å². The van der Waals surface area contributed by atoms with E-state index in [1.54, 1.807) is 20.1 Å². The van der Waals surface area contributed by atoms with Crippen LogP contribution in [-0.2, 0) is 9.59 Å². The number of hydrogen-bond donors (Lipinski definition) is 0. The fourth-order valence-corrected chi connectivity index (χ4v) is 0.615. The van der Waals surface area contributed by atoms with Crippen LogP contribution in [0.4, 0.5) is 0 Å². The third-order valence-corrected chi connectivity index (χ3v) is 1.69. The van der Waals surface area contributed by atoms with Crippen molar-refractivity contribution in [3.63, 3.8) is 0 Å². The van der Waals surface area contributed by atoms with Gasteiger partial charge in [0.05, 0.1) is 0 Å². The number of thioether (sulfide) groups is 1. The molecule has 0 aromatic rings. The summed E-state index contributed by atoms with van der Waals surface area (Å²) in [5, 5.41) is -0.0843. The number of rotatable bonds is 3. The molecule has 0 radical (unpaired) electrons. The van der Waals surface area contributed by atoms with E-state index in [9.17, 15) is 9.59 Å². The summed E-state index contributed by atoms with van der Waals surface area (Å²) in [7, 11) is 0. The first kappa shape index (κ1) is 10.4. The fraction of sp³-hybridized carbons (Fsp3) is 0.500. The third kappa shape index (κ3) is 4.79. The van der Waals surface area contributed by atoms with Gasteiger partial charge in [0.15, 0.2) is 5.78 Å². The summed E-state index contributed by atoms with van der Waals surface area (Å²) < 4.78 is 0. The summed E-state index contributed by atoms with van der Waals surface area (Å²) in [5.74, 6) is -0.0340. The molecule has 11 heavy (non-hydrogen) atoms. The average molecular weight is 172 g/mol. The van der Waals surface area contributed by atoms with Crippen LogP contribution in [0.3, 0.4) is 0 Å². The van der Waals surface area contributed by atoms with Gasteiger partial charge in [-0.05, 0) is 18.4 Å². The van der Waals surface area contributed by atoms with Crippen LogP contribution < -0.4 is 0 Å². The molecule has 0 unspecified atom stereocenters. The minimum Gasteiger partial charge on any atom is -0.295 e. The molecule has 0 saturated heterocycles. The molecule has 0 bridgehead atoms. The second kappa shape index (κ2) is 5.13. The molecule has 62 valence electrons. The van der Waals surface area contributed by atoms with Gasteiger partial charge in [0.25, 0.3) is 0 Å². The lowest BCUT2D eigenvalue weighted by Crippen LogP contribution is -2.02. The van der Waals surface area contributed by atoms with E-state index in [4.69, 9.17) is 0 Å². The number of hydrogen-bond acceptors (Lipinski definition) is 3. The molecule has 0 aliphatic rings. The molecule has 0 spiro atoms. The minimum atomic E-state index is -0.0843. The Kier molecular flexibility index (Phi) is 4.86. The summed E-state index contributed by atoms with van der Waals surface area (Å²) >= 11 is 1.10. The Hall–Kier alpha value is -0.570. The van der Waals surface area contributed by atoms with E-state index >= 15 is 0 Å². The summed E-state index contributed by atoms with van der Waals surface area (Å²) in [5.41, 5.74) is 0. The lowest BCUT2D eigenvalue weighted by Gasteiger charge is -1.94. The quantitative estimate of drug-likeness (QED) is 0.607. The molecule has 0 N–H and O–H groups in total. The number of carbonyl (C=O) groups excluding carboxylic acids is 2. The van der Waals surface area contributed by atoms with Gasteiger partial charge in [-0.1, -0.05) is 25.6 Å². The maximum atomic E-state index is 10.9. The SMILES string of the molecule is CSC(=O)/C=C\C(=O)C(C)C. The molecule has 0 rings (SSSR count). The molecule has 3 heteroatoms. The zero-order valence-corrected chi connectivity index (χ0v) is 7.77. The topological polar surface area (TPSA) is 34.1 Å². The Labute approximate surface area is 71.1 Å². The van der Waals surface area contributed by atoms with Crippen molar-refractivity contribution >= 4 is 22.7 Å². The molecular formula is C8H12O2S. The summed E-state index contributed by atoms with van der Waals surface area (Å²) in [6.07, 6.45) is 4.34. The fourth-order valence-electron chi connectivity index (χ4n) is 0.411. The van der Waals surface area contributed by atoms with Crippen LogP contribution in [-0.4, -0.2) is 17.2 Å². The van der Waals surface area contributed by atoms with Gasteiger partial charge < -0.3 is 0 Å². The van der Waals surface area contributed by atoms with Gasteiger partial charge in [-0.25, -0.2) is 0 Å². The molecule has 0 atom stereocenters. The highest BCUT2D eigenvalue weighted by atomic mass is 32.2. The number of carbonyl (C=O) groups is 2. The molecule has 0 aliphatic heterocycles.